The van der Waals surface area contributed by atoms with Crippen molar-refractivity contribution >= 4 is 11.7 Å². The van der Waals surface area contributed by atoms with Gasteiger partial charge in [-0.2, -0.15) is 0 Å². The molecule has 2 aromatic rings. The van der Waals surface area contributed by atoms with E-state index in [1.807, 2.05) is 11.0 Å². The highest BCUT2D eigenvalue weighted by Gasteiger charge is 2.20. The van der Waals surface area contributed by atoms with Gasteiger partial charge in [0.1, 0.15) is 0 Å². The van der Waals surface area contributed by atoms with E-state index >= 15 is 0 Å². The second-order valence-electron chi connectivity index (χ2n) is 8.09. The number of rotatable bonds is 6. The third-order valence-electron chi connectivity index (χ3n) is 6.01. The molecule has 2 heterocycles. The van der Waals surface area contributed by atoms with E-state index in [-0.39, 0.29) is 6.03 Å². The van der Waals surface area contributed by atoms with Crippen LogP contribution in [0.5, 0.6) is 0 Å². The van der Waals surface area contributed by atoms with Gasteiger partial charge in [0.05, 0.1) is 0 Å². The Morgan fingerprint density at radius 1 is 0.793 bits per heavy atom. The number of nitrogens with one attached hydrogen (secondary N) is 1. The van der Waals surface area contributed by atoms with E-state index < -0.39 is 0 Å². The lowest BCUT2D eigenvalue weighted by atomic mass is 10.1. The number of piperazine rings is 1. The van der Waals surface area contributed by atoms with Gasteiger partial charge in [0.25, 0.3) is 0 Å². The SMILES string of the molecule is O=C(NCCc1ccc(CN2CCCC2)cc1)N1CCN(c2ccccc2)CC1. The molecule has 0 unspecified atom stereocenters. The maximum absolute atomic E-state index is 12.5. The van der Waals surface area contributed by atoms with Gasteiger partial charge in [0.15, 0.2) is 0 Å². The molecule has 1 N–H and O–H groups in total. The van der Waals surface area contributed by atoms with Gasteiger partial charge in [-0.05, 0) is 55.6 Å². The number of para-hydroxylation sites is 1. The van der Waals surface area contributed by atoms with Crippen LogP contribution >= 0.6 is 0 Å². The third-order valence-corrected chi connectivity index (χ3v) is 6.01. The molecule has 0 spiro atoms. The molecular formula is C24H32N4O. The molecule has 5 nitrogen and oxygen atoms in total. The summed E-state index contributed by atoms with van der Waals surface area (Å²) in [5.74, 6) is 0. The Hall–Kier alpha value is -2.53. The lowest BCUT2D eigenvalue weighted by molar-refractivity contribution is 0.194. The quantitative estimate of drug-likeness (QED) is 0.819. The molecule has 0 aliphatic carbocycles. The highest BCUT2D eigenvalue weighted by atomic mass is 16.2. The molecule has 29 heavy (non-hydrogen) atoms. The number of hydrogen-bond acceptors (Lipinski definition) is 3. The molecule has 2 fully saturated rings. The number of amides is 2. The zero-order valence-corrected chi connectivity index (χ0v) is 17.2. The Morgan fingerprint density at radius 2 is 1.45 bits per heavy atom. The molecule has 5 heteroatoms. The van der Waals surface area contributed by atoms with Gasteiger partial charge in [0, 0.05) is 45.0 Å². The number of anilines is 1. The highest BCUT2D eigenvalue weighted by Crippen LogP contribution is 2.16. The van der Waals surface area contributed by atoms with Crippen LogP contribution < -0.4 is 10.2 Å². The van der Waals surface area contributed by atoms with Crippen molar-refractivity contribution in [2.45, 2.75) is 25.8 Å². The summed E-state index contributed by atoms with van der Waals surface area (Å²) < 4.78 is 0. The molecule has 4 rings (SSSR count). The van der Waals surface area contributed by atoms with Crippen molar-refractivity contribution in [3.63, 3.8) is 0 Å². The number of urea groups is 1. The number of benzene rings is 2. The summed E-state index contributed by atoms with van der Waals surface area (Å²) in [6.07, 6.45) is 3.54. The first-order chi connectivity index (χ1) is 14.3. The van der Waals surface area contributed by atoms with Crippen molar-refractivity contribution in [3.8, 4) is 0 Å². The zero-order chi connectivity index (χ0) is 19.9. The molecular weight excluding hydrogens is 360 g/mol. The van der Waals surface area contributed by atoms with Gasteiger partial charge >= 0.3 is 6.03 Å². The van der Waals surface area contributed by atoms with Gasteiger partial charge in [-0.3, -0.25) is 4.90 Å². The van der Waals surface area contributed by atoms with Crippen LogP contribution in [0.2, 0.25) is 0 Å². The second-order valence-corrected chi connectivity index (χ2v) is 8.09. The average Bonchev–Trinajstić information content (AvgIpc) is 3.29. The van der Waals surface area contributed by atoms with Crippen molar-refractivity contribution in [2.75, 3.05) is 50.7 Å². The Kier molecular flexibility index (Phi) is 6.67. The Balaban J connectivity index is 1.16. The van der Waals surface area contributed by atoms with Crippen molar-refractivity contribution in [2.24, 2.45) is 0 Å². The number of carbonyl (C=O) groups excluding carboxylic acids is 1. The smallest absolute Gasteiger partial charge is 0.317 e. The van der Waals surface area contributed by atoms with Crippen LogP contribution in [0.15, 0.2) is 54.6 Å². The fourth-order valence-electron chi connectivity index (χ4n) is 4.24. The first-order valence-electron chi connectivity index (χ1n) is 10.9. The normalized spacial score (nSPS) is 17.5. The van der Waals surface area contributed by atoms with Crippen molar-refractivity contribution in [1.82, 2.24) is 15.1 Å². The summed E-state index contributed by atoms with van der Waals surface area (Å²) >= 11 is 0. The molecule has 2 amide bonds. The third kappa shape index (κ3) is 5.51. The lowest BCUT2D eigenvalue weighted by Gasteiger charge is -2.36. The minimum Gasteiger partial charge on any atom is -0.368 e. The minimum atomic E-state index is 0.0587. The largest absolute Gasteiger partial charge is 0.368 e. The maximum atomic E-state index is 12.5. The lowest BCUT2D eigenvalue weighted by Crippen LogP contribution is -2.52. The fourth-order valence-corrected chi connectivity index (χ4v) is 4.24. The van der Waals surface area contributed by atoms with Crippen LogP contribution in [0.4, 0.5) is 10.5 Å². The summed E-state index contributed by atoms with van der Waals surface area (Å²) in [5, 5.41) is 3.09. The molecule has 0 radical (unpaired) electrons. The van der Waals surface area contributed by atoms with Crippen LogP contribution in [0.1, 0.15) is 24.0 Å². The molecule has 2 aliphatic heterocycles. The Bertz CT molecular complexity index is 763. The van der Waals surface area contributed by atoms with E-state index in [4.69, 9.17) is 0 Å². The van der Waals surface area contributed by atoms with E-state index in [1.54, 1.807) is 0 Å². The van der Waals surface area contributed by atoms with Crippen molar-refractivity contribution in [1.29, 1.82) is 0 Å². The second kappa shape index (κ2) is 9.79. The van der Waals surface area contributed by atoms with E-state index in [9.17, 15) is 4.79 Å². The van der Waals surface area contributed by atoms with Crippen LogP contribution in [-0.2, 0) is 13.0 Å². The predicted octanol–water partition coefficient (Wildman–Crippen LogP) is 3.36. The summed E-state index contributed by atoms with van der Waals surface area (Å²) in [6.45, 7) is 7.51. The van der Waals surface area contributed by atoms with Crippen LogP contribution in [0.25, 0.3) is 0 Å². The van der Waals surface area contributed by atoms with Gasteiger partial charge in [-0.25, -0.2) is 4.79 Å². The molecule has 2 saturated heterocycles. The number of likely N-dealkylation sites (tertiary alicyclic amines) is 1. The molecule has 154 valence electrons. The monoisotopic (exact) mass is 392 g/mol. The molecule has 0 aromatic heterocycles. The van der Waals surface area contributed by atoms with Gasteiger partial charge < -0.3 is 15.1 Å². The first-order valence-corrected chi connectivity index (χ1v) is 10.9. The van der Waals surface area contributed by atoms with Crippen LogP contribution in [-0.4, -0.2) is 61.6 Å². The summed E-state index contributed by atoms with van der Waals surface area (Å²) in [4.78, 5) is 19.3. The summed E-state index contributed by atoms with van der Waals surface area (Å²) in [6, 6.07) is 19.4. The van der Waals surface area contributed by atoms with E-state index in [2.05, 4.69) is 63.6 Å². The zero-order valence-electron chi connectivity index (χ0n) is 17.2. The van der Waals surface area contributed by atoms with Crippen molar-refractivity contribution < 1.29 is 4.79 Å². The minimum absolute atomic E-state index is 0.0587. The Morgan fingerprint density at radius 3 is 2.14 bits per heavy atom. The molecule has 2 aromatic carbocycles. The molecule has 0 bridgehead atoms. The molecule has 0 atom stereocenters. The van der Waals surface area contributed by atoms with Gasteiger partial charge in [0.2, 0.25) is 0 Å². The topological polar surface area (TPSA) is 38.8 Å². The van der Waals surface area contributed by atoms with Crippen LogP contribution in [0, 0.1) is 0 Å². The number of carbonyl (C=O) groups is 1. The number of hydrogen-bond donors (Lipinski definition) is 1. The standard InChI is InChI=1S/C24H32N4O/c29-24(28-18-16-27(17-19-28)23-6-2-1-3-7-23)25-13-12-21-8-10-22(11-9-21)20-26-14-4-5-15-26/h1-3,6-11H,4-5,12-20H2,(H,25,29). The average molecular weight is 393 g/mol. The van der Waals surface area contributed by atoms with Gasteiger partial charge in [-0.15, -0.1) is 0 Å². The van der Waals surface area contributed by atoms with E-state index in [1.165, 1.54) is 42.7 Å². The predicted molar refractivity (Wildman–Crippen MR) is 118 cm³/mol. The van der Waals surface area contributed by atoms with Crippen LogP contribution in [0.3, 0.4) is 0 Å². The van der Waals surface area contributed by atoms with Gasteiger partial charge in [-0.1, -0.05) is 42.5 Å². The van der Waals surface area contributed by atoms with Crippen molar-refractivity contribution in [3.05, 3.63) is 65.7 Å². The maximum Gasteiger partial charge on any atom is 0.317 e. The number of nitrogens with zero attached hydrogens (tertiary/aromatic N) is 3. The van der Waals surface area contributed by atoms with E-state index in [0.29, 0.717) is 6.54 Å². The first kappa shape index (κ1) is 19.8. The summed E-state index contributed by atoms with van der Waals surface area (Å²) in [7, 11) is 0. The van der Waals surface area contributed by atoms with E-state index in [0.717, 1.165) is 39.1 Å². The highest BCUT2D eigenvalue weighted by molar-refractivity contribution is 5.74. The summed E-state index contributed by atoms with van der Waals surface area (Å²) in [5.41, 5.74) is 3.90. The fraction of sp³-hybridized carbons (Fsp3) is 0.458. The molecule has 0 saturated carbocycles. The Labute approximate surface area is 174 Å². The molecule has 2 aliphatic rings.